The van der Waals surface area contributed by atoms with Crippen LogP contribution >= 0.6 is 27.5 Å². The Balaban J connectivity index is 1.87. The molecule has 0 aliphatic heterocycles. The summed E-state index contributed by atoms with van der Waals surface area (Å²) in [7, 11) is 0. The Labute approximate surface area is 169 Å². The van der Waals surface area contributed by atoms with Crippen LogP contribution in [-0.4, -0.2) is 25.5 Å². The van der Waals surface area contributed by atoms with Crippen LogP contribution in [-0.2, 0) is 13.1 Å². The van der Waals surface area contributed by atoms with Crippen molar-refractivity contribution in [3.8, 4) is 0 Å². The molecule has 2 heterocycles. The van der Waals surface area contributed by atoms with Crippen LogP contribution in [0.2, 0.25) is 5.02 Å². The summed E-state index contributed by atoms with van der Waals surface area (Å²) in [5, 5.41) is 11.9. The van der Waals surface area contributed by atoms with Crippen LogP contribution in [0.3, 0.4) is 0 Å². The van der Waals surface area contributed by atoms with Crippen LogP contribution in [0.25, 0.3) is 0 Å². The molecule has 0 radical (unpaired) electrons. The standard InChI is InChI=1S/C18H18BrClFN5O/c1-4-25-9-13(19)17(24-25)18(27)22-16-10(2)23-26(11(16)3)8-12-14(20)6-5-7-15(12)21/h5-7,9H,4,8H2,1-3H3,(H,22,27). The number of aryl methyl sites for hydroxylation is 2. The third-order valence-corrected chi connectivity index (χ3v) is 5.18. The molecule has 2 aromatic heterocycles. The molecule has 142 valence electrons. The van der Waals surface area contributed by atoms with Crippen molar-refractivity contribution in [1.82, 2.24) is 19.6 Å². The fourth-order valence-corrected chi connectivity index (χ4v) is 3.47. The van der Waals surface area contributed by atoms with Gasteiger partial charge in [0.1, 0.15) is 5.82 Å². The minimum absolute atomic E-state index is 0.169. The maximum absolute atomic E-state index is 14.1. The van der Waals surface area contributed by atoms with Gasteiger partial charge in [-0.3, -0.25) is 14.2 Å². The average molecular weight is 455 g/mol. The Morgan fingerprint density at radius 3 is 2.70 bits per heavy atom. The second-order valence-electron chi connectivity index (χ2n) is 6.04. The number of hydrogen-bond acceptors (Lipinski definition) is 3. The van der Waals surface area contributed by atoms with Crippen molar-refractivity contribution in [2.24, 2.45) is 0 Å². The molecule has 0 bridgehead atoms. The van der Waals surface area contributed by atoms with E-state index in [2.05, 4.69) is 31.4 Å². The van der Waals surface area contributed by atoms with Crippen LogP contribution in [0, 0.1) is 19.7 Å². The lowest BCUT2D eigenvalue weighted by Gasteiger charge is -2.09. The van der Waals surface area contributed by atoms with E-state index in [-0.39, 0.29) is 12.5 Å². The van der Waals surface area contributed by atoms with Crippen LogP contribution in [0.1, 0.15) is 34.4 Å². The molecule has 0 atom stereocenters. The largest absolute Gasteiger partial charge is 0.317 e. The van der Waals surface area contributed by atoms with E-state index in [1.807, 2.05) is 13.8 Å². The summed E-state index contributed by atoms with van der Waals surface area (Å²) < 4.78 is 18.0. The second-order valence-corrected chi connectivity index (χ2v) is 7.30. The van der Waals surface area contributed by atoms with E-state index in [9.17, 15) is 9.18 Å². The summed E-state index contributed by atoms with van der Waals surface area (Å²) in [5.41, 5.74) is 2.55. The molecular formula is C18H18BrClFN5O. The van der Waals surface area contributed by atoms with Gasteiger partial charge in [0.25, 0.3) is 5.91 Å². The molecular weight excluding hydrogens is 437 g/mol. The third kappa shape index (κ3) is 3.91. The molecule has 0 aliphatic carbocycles. The first-order valence-electron chi connectivity index (χ1n) is 8.33. The normalized spacial score (nSPS) is 11.0. The number of nitrogens with one attached hydrogen (secondary N) is 1. The lowest BCUT2D eigenvalue weighted by Crippen LogP contribution is -2.15. The number of carbonyl (C=O) groups is 1. The van der Waals surface area contributed by atoms with Gasteiger partial charge in [0.15, 0.2) is 5.69 Å². The van der Waals surface area contributed by atoms with Gasteiger partial charge in [-0.2, -0.15) is 10.2 Å². The fraction of sp³-hybridized carbons (Fsp3) is 0.278. The van der Waals surface area contributed by atoms with Gasteiger partial charge in [-0.1, -0.05) is 17.7 Å². The first-order chi connectivity index (χ1) is 12.8. The number of aromatic nitrogens is 4. The molecule has 3 rings (SSSR count). The van der Waals surface area contributed by atoms with Crippen LogP contribution in [0.4, 0.5) is 10.1 Å². The van der Waals surface area contributed by atoms with Crippen molar-refractivity contribution in [3.05, 3.63) is 62.4 Å². The van der Waals surface area contributed by atoms with E-state index in [4.69, 9.17) is 11.6 Å². The lowest BCUT2D eigenvalue weighted by atomic mass is 10.2. The molecule has 6 nitrogen and oxygen atoms in total. The number of nitrogens with zero attached hydrogens (tertiary/aromatic N) is 4. The molecule has 0 fully saturated rings. The van der Waals surface area contributed by atoms with Gasteiger partial charge in [-0.25, -0.2) is 4.39 Å². The summed E-state index contributed by atoms with van der Waals surface area (Å²) >= 11 is 9.46. The van der Waals surface area contributed by atoms with Crippen molar-refractivity contribution in [3.63, 3.8) is 0 Å². The van der Waals surface area contributed by atoms with Crippen LogP contribution in [0.15, 0.2) is 28.9 Å². The van der Waals surface area contributed by atoms with E-state index in [0.717, 1.165) is 0 Å². The van der Waals surface area contributed by atoms with Crippen molar-refractivity contribution >= 4 is 39.1 Å². The summed E-state index contributed by atoms with van der Waals surface area (Å²) in [4.78, 5) is 12.6. The average Bonchev–Trinajstić information content (AvgIpc) is 3.13. The zero-order valence-electron chi connectivity index (χ0n) is 15.1. The van der Waals surface area contributed by atoms with Gasteiger partial charge in [0.05, 0.1) is 28.1 Å². The molecule has 3 aromatic rings. The highest BCUT2D eigenvalue weighted by Gasteiger charge is 2.20. The van der Waals surface area contributed by atoms with E-state index >= 15 is 0 Å². The van der Waals surface area contributed by atoms with Gasteiger partial charge in [-0.05, 0) is 48.8 Å². The summed E-state index contributed by atoms with van der Waals surface area (Å²) in [6.45, 7) is 6.35. The topological polar surface area (TPSA) is 64.7 Å². The first kappa shape index (κ1) is 19.6. The quantitative estimate of drug-likeness (QED) is 0.614. The second kappa shape index (κ2) is 7.82. The molecule has 0 unspecified atom stereocenters. The summed E-state index contributed by atoms with van der Waals surface area (Å²) in [6, 6.07) is 4.55. The number of rotatable bonds is 5. The highest BCUT2D eigenvalue weighted by molar-refractivity contribution is 9.10. The molecule has 27 heavy (non-hydrogen) atoms. The van der Waals surface area contributed by atoms with E-state index in [0.29, 0.717) is 44.4 Å². The molecule has 0 spiro atoms. The Hall–Kier alpha value is -2.19. The summed E-state index contributed by atoms with van der Waals surface area (Å²) in [6.07, 6.45) is 1.75. The number of halogens is 3. The fourth-order valence-electron chi connectivity index (χ4n) is 2.75. The smallest absolute Gasteiger partial charge is 0.277 e. The molecule has 0 saturated carbocycles. The van der Waals surface area contributed by atoms with Gasteiger partial charge in [0, 0.05) is 23.3 Å². The lowest BCUT2D eigenvalue weighted by molar-refractivity contribution is 0.102. The zero-order chi connectivity index (χ0) is 19.7. The van der Waals surface area contributed by atoms with E-state index < -0.39 is 5.82 Å². The molecule has 0 saturated heterocycles. The SMILES string of the molecule is CCn1cc(Br)c(C(=O)Nc2c(C)nn(Cc3c(F)cccc3Cl)c2C)n1. The molecule has 1 N–H and O–H groups in total. The number of benzene rings is 1. The summed E-state index contributed by atoms with van der Waals surface area (Å²) in [5.74, 6) is -0.738. The monoisotopic (exact) mass is 453 g/mol. The molecule has 0 aliphatic rings. The molecule has 9 heteroatoms. The maximum Gasteiger partial charge on any atom is 0.277 e. The Morgan fingerprint density at radius 2 is 2.07 bits per heavy atom. The highest BCUT2D eigenvalue weighted by atomic mass is 79.9. The van der Waals surface area contributed by atoms with Crippen molar-refractivity contribution in [2.75, 3.05) is 5.32 Å². The van der Waals surface area contributed by atoms with E-state index in [1.165, 1.54) is 6.07 Å². The Bertz CT molecular complexity index is 993. The number of anilines is 1. The Kier molecular flexibility index (Phi) is 5.67. The first-order valence-corrected chi connectivity index (χ1v) is 9.50. The van der Waals surface area contributed by atoms with Gasteiger partial charge >= 0.3 is 0 Å². The van der Waals surface area contributed by atoms with Crippen LogP contribution in [0.5, 0.6) is 0 Å². The van der Waals surface area contributed by atoms with Gasteiger partial charge in [-0.15, -0.1) is 0 Å². The Morgan fingerprint density at radius 1 is 1.33 bits per heavy atom. The highest BCUT2D eigenvalue weighted by Crippen LogP contribution is 2.25. The van der Waals surface area contributed by atoms with Crippen molar-refractivity contribution < 1.29 is 9.18 Å². The van der Waals surface area contributed by atoms with Crippen molar-refractivity contribution in [1.29, 1.82) is 0 Å². The maximum atomic E-state index is 14.1. The number of amides is 1. The minimum Gasteiger partial charge on any atom is -0.317 e. The van der Waals surface area contributed by atoms with Gasteiger partial charge in [0.2, 0.25) is 0 Å². The molecule has 1 aromatic carbocycles. The number of carbonyl (C=O) groups excluding carboxylic acids is 1. The van der Waals surface area contributed by atoms with Gasteiger partial charge < -0.3 is 5.32 Å². The minimum atomic E-state index is -0.394. The molecule has 1 amide bonds. The predicted octanol–water partition coefficient (Wildman–Crippen LogP) is 4.57. The number of hydrogen-bond donors (Lipinski definition) is 1. The third-order valence-electron chi connectivity index (χ3n) is 4.25. The van der Waals surface area contributed by atoms with Crippen LogP contribution < -0.4 is 5.32 Å². The van der Waals surface area contributed by atoms with Crippen molar-refractivity contribution in [2.45, 2.75) is 33.9 Å². The van der Waals surface area contributed by atoms with E-state index in [1.54, 1.807) is 34.6 Å². The zero-order valence-corrected chi connectivity index (χ0v) is 17.4. The predicted molar refractivity (Wildman–Crippen MR) is 106 cm³/mol.